The van der Waals surface area contributed by atoms with E-state index in [-0.39, 0.29) is 18.2 Å². The fourth-order valence-corrected chi connectivity index (χ4v) is 3.00. The number of rotatable bonds is 6. The van der Waals surface area contributed by atoms with Gasteiger partial charge in [0.1, 0.15) is 5.69 Å². The number of hydrogen-bond donors (Lipinski definition) is 0. The molecule has 1 aliphatic rings. The standard InChI is InChI=1S/C17H21N5O2/c1-3-8-24-12-13-10-22(11-15-17(13)21(2)20-19-15)16(23)9-14-6-4-5-7-18-14/h3-7,13H,1,8-12H2,2H3. The molecule has 3 rings (SSSR count). The lowest BCUT2D eigenvalue weighted by molar-refractivity contribution is -0.132. The van der Waals surface area contributed by atoms with Gasteiger partial charge in [0.15, 0.2) is 0 Å². The molecule has 0 fully saturated rings. The number of aryl methyl sites for hydroxylation is 1. The third-order valence-corrected chi connectivity index (χ3v) is 4.08. The SMILES string of the molecule is C=CCOCC1CN(C(=O)Cc2ccccn2)Cc2nnn(C)c21. The topological polar surface area (TPSA) is 73.1 Å². The van der Waals surface area contributed by atoms with Gasteiger partial charge in [0.2, 0.25) is 5.91 Å². The summed E-state index contributed by atoms with van der Waals surface area (Å²) in [5.41, 5.74) is 2.65. The van der Waals surface area contributed by atoms with Crippen molar-refractivity contribution >= 4 is 5.91 Å². The third kappa shape index (κ3) is 3.51. The van der Waals surface area contributed by atoms with E-state index in [0.717, 1.165) is 17.1 Å². The van der Waals surface area contributed by atoms with Crippen molar-refractivity contribution in [1.82, 2.24) is 24.9 Å². The van der Waals surface area contributed by atoms with Gasteiger partial charge in [0.25, 0.3) is 0 Å². The minimum Gasteiger partial charge on any atom is -0.377 e. The van der Waals surface area contributed by atoms with Crippen LogP contribution in [-0.4, -0.2) is 50.5 Å². The second-order valence-electron chi connectivity index (χ2n) is 5.84. The van der Waals surface area contributed by atoms with Crippen molar-refractivity contribution in [3.8, 4) is 0 Å². The Bertz CT molecular complexity index is 713. The van der Waals surface area contributed by atoms with Crippen molar-refractivity contribution < 1.29 is 9.53 Å². The molecule has 0 saturated heterocycles. The Morgan fingerprint density at radius 3 is 3.12 bits per heavy atom. The summed E-state index contributed by atoms with van der Waals surface area (Å²) in [7, 11) is 1.87. The van der Waals surface area contributed by atoms with Gasteiger partial charge in [0, 0.05) is 31.4 Å². The van der Waals surface area contributed by atoms with E-state index in [1.54, 1.807) is 17.0 Å². The molecule has 0 aromatic carbocycles. The van der Waals surface area contributed by atoms with Crippen LogP contribution in [-0.2, 0) is 29.5 Å². The fourth-order valence-electron chi connectivity index (χ4n) is 3.00. The molecule has 0 N–H and O–H groups in total. The van der Waals surface area contributed by atoms with E-state index < -0.39 is 0 Å². The van der Waals surface area contributed by atoms with Crippen LogP contribution in [0.2, 0.25) is 0 Å². The van der Waals surface area contributed by atoms with Gasteiger partial charge in [-0.25, -0.2) is 0 Å². The maximum absolute atomic E-state index is 12.6. The summed E-state index contributed by atoms with van der Waals surface area (Å²) in [4.78, 5) is 18.7. The van der Waals surface area contributed by atoms with Crippen molar-refractivity contribution in [3.63, 3.8) is 0 Å². The van der Waals surface area contributed by atoms with Gasteiger partial charge in [-0.3, -0.25) is 14.5 Å². The Hall–Kier alpha value is -2.54. The Balaban J connectivity index is 1.73. The van der Waals surface area contributed by atoms with E-state index in [0.29, 0.717) is 26.3 Å². The summed E-state index contributed by atoms with van der Waals surface area (Å²) < 4.78 is 7.39. The van der Waals surface area contributed by atoms with Crippen LogP contribution in [0.5, 0.6) is 0 Å². The molecule has 3 heterocycles. The number of amides is 1. The minimum absolute atomic E-state index is 0.0405. The molecule has 1 unspecified atom stereocenters. The average molecular weight is 327 g/mol. The summed E-state index contributed by atoms with van der Waals surface area (Å²) in [5.74, 6) is 0.0973. The van der Waals surface area contributed by atoms with Crippen LogP contribution in [0.4, 0.5) is 0 Å². The monoisotopic (exact) mass is 327 g/mol. The van der Waals surface area contributed by atoms with E-state index >= 15 is 0 Å². The predicted octanol–water partition coefficient (Wildman–Crippen LogP) is 1.08. The molecule has 1 amide bonds. The van der Waals surface area contributed by atoms with E-state index in [1.807, 2.05) is 30.1 Å². The van der Waals surface area contributed by atoms with Crippen LogP contribution in [0.15, 0.2) is 37.1 Å². The Kier molecular flexibility index (Phi) is 5.00. The highest BCUT2D eigenvalue weighted by molar-refractivity contribution is 5.78. The number of hydrogen-bond acceptors (Lipinski definition) is 5. The van der Waals surface area contributed by atoms with Crippen LogP contribution in [0.3, 0.4) is 0 Å². The molecule has 24 heavy (non-hydrogen) atoms. The molecule has 2 aromatic heterocycles. The van der Waals surface area contributed by atoms with Crippen LogP contribution in [0.25, 0.3) is 0 Å². The first kappa shape index (κ1) is 16.3. The predicted molar refractivity (Wildman–Crippen MR) is 88.1 cm³/mol. The van der Waals surface area contributed by atoms with Crippen LogP contribution < -0.4 is 0 Å². The number of carbonyl (C=O) groups excluding carboxylic acids is 1. The number of nitrogens with zero attached hydrogens (tertiary/aromatic N) is 5. The third-order valence-electron chi connectivity index (χ3n) is 4.08. The zero-order valence-electron chi connectivity index (χ0n) is 13.8. The Morgan fingerprint density at radius 1 is 1.50 bits per heavy atom. The first-order chi connectivity index (χ1) is 11.7. The second-order valence-corrected chi connectivity index (χ2v) is 5.84. The van der Waals surface area contributed by atoms with E-state index in [1.165, 1.54) is 0 Å². The van der Waals surface area contributed by atoms with Gasteiger partial charge in [-0.2, -0.15) is 0 Å². The van der Waals surface area contributed by atoms with Crippen molar-refractivity contribution in [1.29, 1.82) is 0 Å². The number of pyridine rings is 1. The van der Waals surface area contributed by atoms with Crippen molar-refractivity contribution in [2.45, 2.75) is 18.9 Å². The van der Waals surface area contributed by atoms with Gasteiger partial charge < -0.3 is 9.64 Å². The summed E-state index contributed by atoms with van der Waals surface area (Å²) in [6.45, 7) is 5.72. The van der Waals surface area contributed by atoms with E-state index in [4.69, 9.17) is 4.74 Å². The Labute approximate surface area is 140 Å². The zero-order valence-corrected chi connectivity index (χ0v) is 13.8. The number of ether oxygens (including phenoxy) is 1. The Morgan fingerprint density at radius 2 is 2.38 bits per heavy atom. The smallest absolute Gasteiger partial charge is 0.228 e. The normalized spacial score (nSPS) is 16.7. The van der Waals surface area contributed by atoms with Crippen LogP contribution in [0, 0.1) is 0 Å². The van der Waals surface area contributed by atoms with Crippen LogP contribution in [0.1, 0.15) is 23.0 Å². The van der Waals surface area contributed by atoms with Gasteiger partial charge in [0.05, 0.1) is 31.9 Å². The molecule has 0 saturated carbocycles. The first-order valence-corrected chi connectivity index (χ1v) is 7.93. The highest BCUT2D eigenvalue weighted by Gasteiger charge is 2.32. The maximum Gasteiger partial charge on any atom is 0.228 e. The van der Waals surface area contributed by atoms with Gasteiger partial charge >= 0.3 is 0 Å². The summed E-state index contributed by atoms with van der Waals surface area (Å²) in [6.07, 6.45) is 3.71. The fraction of sp³-hybridized carbons (Fsp3) is 0.412. The molecule has 0 aliphatic carbocycles. The lowest BCUT2D eigenvalue weighted by Gasteiger charge is -2.32. The molecular weight excluding hydrogens is 306 g/mol. The quantitative estimate of drug-likeness (QED) is 0.586. The van der Waals surface area contributed by atoms with E-state index in [9.17, 15) is 4.79 Å². The van der Waals surface area contributed by atoms with Crippen LogP contribution >= 0.6 is 0 Å². The molecule has 7 heteroatoms. The molecule has 0 bridgehead atoms. The molecule has 0 radical (unpaired) electrons. The maximum atomic E-state index is 12.6. The molecule has 1 atom stereocenters. The molecular formula is C17H21N5O2. The van der Waals surface area contributed by atoms with Gasteiger partial charge in [-0.15, -0.1) is 11.7 Å². The highest BCUT2D eigenvalue weighted by Crippen LogP contribution is 2.27. The summed E-state index contributed by atoms with van der Waals surface area (Å²) in [6, 6.07) is 5.59. The molecule has 2 aromatic rings. The zero-order chi connectivity index (χ0) is 16.9. The molecule has 7 nitrogen and oxygen atoms in total. The lowest BCUT2D eigenvalue weighted by atomic mass is 9.98. The van der Waals surface area contributed by atoms with Crippen molar-refractivity contribution in [2.24, 2.45) is 7.05 Å². The van der Waals surface area contributed by atoms with Crippen molar-refractivity contribution in [2.75, 3.05) is 19.8 Å². The number of aromatic nitrogens is 4. The first-order valence-electron chi connectivity index (χ1n) is 7.93. The number of carbonyl (C=O) groups is 1. The molecule has 0 spiro atoms. The van der Waals surface area contributed by atoms with E-state index in [2.05, 4.69) is 21.9 Å². The van der Waals surface area contributed by atoms with Gasteiger partial charge in [-0.05, 0) is 12.1 Å². The average Bonchev–Trinajstić information content (AvgIpc) is 2.97. The summed E-state index contributed by atoms with van der Waals surface area (Å²) in [5, 5.41) is 8.30. The molecule has 126 valence electrons. The summed E-state index contributed by atoms with van der Waals surface area (Å²) >= 11 is 0. The largest absolute Gasteiger partial charge is 0.377 e. The van der Waals surface area contributed by atoms with Crippen molar-refractivity contribution in [3.05, 3.63) is 54.1 Å². The molecule has 1 aliphatic heterocycles. The second kappa shape index (κ2) is 7.35. The number of fused-ring (bicyclic) bond motifs is 1. The van der Waals surface area contributed by atoms with Gasteiger partial charge in [-0.1, -0.05) is 17.4 Å². The minimum atomic E-state index is 0.0405. The lowest BCUT2D eigenvalue weighted by Crippen LogP contribution is -2.41. The highest BCUT2D eigenvalue weighted by atomic mass is 16.5.